The fourth-order valence-corrected chi connectivity index (χ4v) is 4.95. The third-order valence-electron chi connectivity index (χ3n) is 4.80. The Morgan fingerprint density at radius 2 is 1.85 bits per heavy atom. The van der Waals surface area contributed by atoms with E-state index < -0.39 is 10.0 Å². The van der Waals surface area contributed by atoms with Gasteiger partial charge in [0.15, 0.2) is 0 Å². The van der Waals surface area contributed by atoms with E-state index in [9.17, 15) is 13.2 Å². The van der Waals surface area contributed by atoms with Crippen molar-refractivity contribution >= 4 is 21.6 Å². The first kappa shape index (κ1) is 19.1. The molecule has 1 N–H and O–H groups in total. The number of hydrogen-bond donors (Lipinski definition) is 1. The predicted octanol–water partition coefficient (Wildman–Crippen LogP) is 2.91. The summed E-state index contributed by atoms with van der Waals surface area (Å²) in [5.74, 6) is -0.392. The maximum Gasteiger partial charge on any atom is 0.243 e. The lowest BCUT2D eigenvalue weighted by atomic mass is 9.97. The molecule has 6 nitrogen and oxygen atoms in total. The van der Waals surface area contributed by atoms with E-state index in [2.05, 4.69) is 5.32 Å². The van der Waals surface area contributed by atoms with Crippen LogP contribution in [0.5, 0.6) is 0 Å². The second-order valence-electron chi connectivity index (χ2n) is 6.63. The molecule has 2 aromatic carbocycles. The topological polar surface area (TPSA) is 90.3 Å². The van der Waals surface area contributed by atoms with Crippen LogP contribution in [0.25, 0.3) is 0 Å². The summed E-state index contributed by atoms with van der Waals surface area (Å²) in [6.07, 6.45) is 0.934. The van der Waals surface area contributed by atoms with Gasteiger partial charge in [-0.3, -0.25) is 4.79 Å². The zero-order valence-corrected chi connectivity index (χ0v) is 15.9. The molecule has 0 atom stereocenters. The van der Waals surface area contributed by atoms with Gasteiger partial charge in [0.05, 0.1) is 16.5 Å². The number of amides is 1. The van der Waals surface area contributed by atoms with Crippen LogP contribution in [0.3, 0.4) is 0 Å². The van der Waals surface area contributed by atoms with Crippen molar-refractivity contribution in [2.75, 3.05) is 18.4 Å². The molecule has 0 bridgehead atoms. The highest BCUT2D eigenvalue weighted by Crippen LogP contribution is 2.26. The average Bonchev–Trinajstić information content (AvgIpc) is 2.68. The summed E-state index contributed by atoms with van der Waals surface area (Å²) in [5, 5.41) is 11.8. The van der Waals surface area contributed by atoms with Gasteiger partial charge in [-0.2, -0.15) is 9.57 Å². The van der Waals surface area contributed by atoms with Gasteiger partial charge in [0.25, 0.3) is 0 Å². The highest BCUT2D eigenvalue weighted by atomic mass is 32.2. The lowest BCUT2D eigenvalue weighted by molar-refractivity contribution is -0.120. The van der Waals surface area contributed by atoms with Crippen molar-refractivity contribution in [2.45, 2.75) is 24.7 Å². The maximum absolute atomic E-state index is 12.8. The lowest BCUT2D eigenvalue weighted by Gasteiger charge is -2.31. The quantitative estimate of drug-likeness (QED) is 0.879. The van der Waals surface area contributed by atoms with Gasteiger partial charge in [-0.15, -0.1) is 0 Å². The first-order valence-corrected chi connectivity index (χ1v) is 10.2. The van der Waals surface area contributed by atoms with Crippen molar-refractivity contribution in [3.05, 3.63) is 59.7 Å². The largest absolute Gasteiger partial charge is 0.326 e. The number of rotatable bonds is 4. The summed E-state index contributed by atoms with van der Waals surface area (Å²) in [5.41, 5.74) is 1.77. The van der Waals surface area contributed by atoms with Crippen LogP contribution >= 0.6 is 0 Å². The molecule has 0 aromatic heterocycles. The van der Waals surface area contributed by atoms with Gasteiger partial charge in [0.2, 0.25) is 15.9 Å². The molecule has 1 aliphatic rings. The average molecular weight is 383 g/mol. The van der Waals surface area contributed by atoms with Gasteiger partial charge in [-0.05, 0) is 49.6 Å². The van der Waals surface area contributed by atoms with Gasteiger partial charge in [0, 0.05) is 24.7 Å². The van der Waals surface area contributed by atoms with Crippen LogP contribution in [0.15, 0.2) is 53.4 Å². The second-order valence-corrected chi connectivity index (χ2v) is 8.53. The molecule has 0 unspecified atom stereocenters. The molecule has 140 valence electrons. The summed E-state index contributed by atoms with van der Waals surface area (Å²) in [6.45, 7) is 2.41. The molecule has 1 amide bonds. The van der Waals surface area contributed by atoms with E-state index >= 15 is 0 Å². The summed E-state index contributed by atoms with van der Waals surface area (Å²) in [4.78, 5) is 12.8. The molecule has 0 aliphatic carbocycles. The van der Waals surface area contributed by atoms with Gasteiger partial charge >= 0.3 is 0 Å². The molecule has 2 aromatic rings. The highest BCUT2D eigenvalue weighted by molar-refractivity contribution is 7.89. The van der Waals surface area contributed by atoms with Crippen molar-refractivity contribution in [2.24, 2.45) is 5.92 Å². The van der Waals surface area contributed by atoms with Crippen LogP contribution in [-0.4, -0.2) is 31.7 Å². The van der Waals surface area contributed by atoms with Crippen molar-refractivity contribution < 1.29 is 13.2 Å². The van der Waals surface area contributed by atoms with Gasteiger partial charge in [0.1, 0.15) is 0 Å². The number of piperidine rings is 1. The van der Waals surface area contributed by atoms with Crippen molar-refractivity contribution in [1.29, 1.82) is 5.26 Å². The van der Waals surface area contributed by atoms with Crippen molar-refractivity contribution in [1.82, 2.24) is 4.31 Å². The zero-order chi connectivity index (χ0) is 19.4. The zero-order valence-electron chi connectivity index (χ0n) is 15.1. The van der Waals surface area contributed by atoms with Crippen LogP contribution in [-0.2, 0) is 14.8 Å². The Hall–Kier alpha value is -2.69. The van der Waals surface area contributed by atoms with Crippen molar-refractivity contribution in [3.63, 3.8) is 0 Å². The summed E-state index contributed by atoms with van der Waals surface area (Å²) < 4.78 is 27.1. The number of hydrogen-bond acceptors (Lipinski definition) is 4. The standard InChI is InChI=1S/C20H21N3O3S/c1-15-5-2-3-8-19(15)27(25,26)23-11-9-17(10-12-23)20(24)22-18-7-4-6-16(13-18)14-21/h2-8,13,17H,9-12H2,1H3,(H,22,24). The number of carbonyl (C=O) groups excluding carboxylic acids is 1. The molecule has 1 aliphatic heterocycles. The van der Waals surface area contributed by atoms with Gasteiger partial charge in [-0.25, -0.2) is 8.42 Å². The Morgan fingerprint density at radius 3 is 2.52 bits per heavy atom. The molecule has 1 fully saturated rings. The van der Waals surface area contributed by atoms with Crippen LogP contribution in [0.1, 0.15) is 24.0 Å². The molecular formula is C20H21N3O3S. The number of anilines is 1. The van der Waals surface area contributed by atoms with E-state index in [4.69, 9.17) is 5.26 Å². The van der Waals surface area contributed by atoms with Crippen LogP contribution in [0.2, 0.25) is 0 Å². The molecular weight excluding hydrogens is 362 g/mol. The number of sulfonamides is 1. The van der Waals surface area contributed by atoms with E-state index in [1.165, 1.54) is 4.31 Å². The van der Waals surface area contributed by atoms with Gasteiger partial charge < -0.3 is 5.32 Å². The third-order valence-corrected chi connectivity index (χ3v) is 6.85. The number of nitriles is 1. The first-order chi connectivity index (χ1) is 12.9. The minimum absolute atomic E-state index is 0.141. The highest BCUT2D eigenvalue weighted by Gasteiger charge is 2.32. The minimum Gasteiger partial charge on any atom is -0.326 e. The molecule has 1 heterocycles. The van der Waals surface area contributed by atoms with Crippen LogP contribution in [0.4, 0.5) is 5.69 Å². The molecule has 0 spiro atoms. The molecule has 3 rings (SSSR count). The van der Waals surface area contributed by atoms with Crippen LogP contribution in [0, 0.1) is 24.2 Å². The van der Waals surface area contributed by atoms with E-state index in [0.29, 0.717) is 42.1 Å². The summed E-state index contributed by atoms with van der Waals surface area (Å²) >= 11 is 0. The molecule has 7 heteroatoms. The second kappa shape index (κ2) is 7.91. The Balaban J connectivity index is 1.64. The third kappa shape index (κ3) is 4.18. The maximum atomic E-state index is 12.8. The summed E-state index contributed by atoms with van der Waals surface area (Å²) in [7, 11) is -3.54. The smallest absolute Gasteiger partial charge is 0.243 e. The Bertz CT molecular complexity index is 988. The number of carbonyl (C=O) groups is 1. The number of aryl methyl sites for hydroxylation is 1. The van der Waals surface area contributed by atoms with E-state index in [-0.39, 0.29) is 11.8 Å². The van der Waals surface area contributed by atoms with Crippen LogP contribution < -0.4 is 5.32 Å². The number of nitrogens with one attached hydrogen (secondary N) is 1. The van der Waals surface area contributed by atoms with E-state index in [1.807, 2.05) is 12.1 Å². The fourth-order valence-electron chi connectivity index (χ4n) is 3.25. The SMILES string of the molecule is Cc1ccccc1S(=O)(=O)N1CCC(C(=O)Nc2cccc(C#N)c2)CC1. The number of nitrogens with zero attached hydrogens (tertiary/aromatic N) is 2. The molecule has 0 saturated carbocycles. The normalized spacial score (nSPS) is 15.9. The molecule has 0 radical (unpaired) electrons. The van der Waals surface area contributed by atoms with Gasteiger partial charge in [-0.1, -0.05) is 24.3 Å². The van der Waals surface area contributed by atoms with Crippen molar-refractivity contribution in [3.8, 4) is 6.07 Å². The number of benzene rings is 2. The Kier molecular flexibility index (Phi) is 5.59. The van der Waals surface area contributed by atoms with E-state index in [0.717, 1.165) is 5.56 Å². The monoisotopic (exact) mass is 383 g/mol. The lowest BCUT2D eigenvalue weighted by Crippen LogP contribution is -2.41. The van der Waals surface area contributed by atoms with E-state index in [1.54, 1.807) is 49.4 Å². The Labute approximate surface area is 159 Å². The molecule has 27 heavy (non-hydrogen) atoms. The first-order valence-electron chi connectivity index (χ1n) is 8.78. The summed E-state index contributed by atoms with van der Waals surface area (Å²) in [6, 6.07) is 15.7. The predicted molar refractivity (Wildman–Crippen MR) is 102 cm³/mol. The fraction of sp³-hybridized carbons (Fsp3) is 0.300. The molecule has 1 saturated heterocycles. The Morgan fingerprint density at radius 1 is 1.15 bits per heavy atom. The minimum atomic E-state index is -3.54.